The molecule has 1 fully saturated rings. The lowest BCUT2D eigenvalue weighted by atomic mass is 9.68. The second-order valence-electron chi connectivity index (χ2n) is 10.1. The van der Waals surface area contributed by atoms with Crippen molar-refractivity contribution >= 4 is 28.6 Å². The summed E-state index contributed by atoms with van der Waals surface area (Å²) in [6, 6.07) is 11.0. The number of benzene rings is 2. The van der Waals surface area contributed by atoms with E-state index < -0.39 is 0 Å². The molecule has 1 aromatic heterocycles. The molecule has 1 atom stereocenters. The number of anilines is 2. The molecule has 1 aliphatic carbocycles. The van der Waals surface area contributed by atoms with Gasteiger partial charge in [0.15, 0.2) is 0 Å². The number of carbonyl (C=O) groups is 1. The molecule has 0 spiro atoms. The number of hydrogen-bond donors (Lipinski definition) is 2. The van der Waals surface area contributed by atoms with Gasteiger partial charge in [0.25, 0.3) is 0 Å². The lowest BCUT2D eigenvalue weighted by Crippen LogP contribution is -2.47. The lowest BCUT2D eigenvalue weighted by Gasteiger charge is -2.35. The third-order valence-electron chi connectivity index (χ3n) is 8.04. The summed E-state index contributed by atoms with van der Waals surface area (Å²) in [5.41, 5.74) is 4.99. The van der Waals surface area contributed by atoms with E-state index in [0.717, 1.165) is 100 Å². The highest BCUT2D eigenvalue weighted by atomic mass is 19.1. The zero-order valence-electron chi connectivity index (χ0n) is 19.6. The predicted octanol–water partition coefficient (Wildman–Crippen LogP) is 4.61. The summed E-state index contributed by atoms with van der Waals surface area (Å²) >= 11 is 0. The monoisotopic (exact) mass is 461 g/mol. The van der Waals surface area contributed by atoms with E-state index in [1.165, 1.54) is 23.3 Å². The van der Waals surface area contributed by atoms with Crippen LogP contribution in [0.2, 0.25) is 0 Å². The summed E-state index contributed by atoms with van der Waals surface area (Å²) in [7, 11) is 0. The molecule has 6 nitrogen and oxygen atoms in total. The Morgan fingerprint density at radius 2 is 1.94 bits per heavy atom. The number of hydrogen-bond acceptors (Lipinski definition) is 4. The fraction of sp³-hybridized carbons (Fsp3) is 0.481. The van der Waals surface area contributed by atoms with Gasteiger partial charge in [-0.25, -0.2) is 9.37 Å². The Labute approximate surface area is 199 Å². The normalized spacial score (nSPS) is 22.3. The van der Waals surface area contributed by atoms with Crippen molar-refractivity contribution in [3.05, 3.63) is 53.3 Å². The highest BCUT2D eigenvalue weighted by Crippen LogP contribution is 2.49. The molecular formula is C27H32FN5O. The number of rotatable bonds is 7. The van der Waals surface area contributed by atoms with Gasteiger partial charge < -0.3 is 15.2 Å². The van der Waals surface area contributed by atoms with Crippen molar-refractivity contribution in [2.75, 3.05) is 42.9 Å². The van der Waals surface area contributed by atoms with Crippen LogP contribution in [0.5, 0.6) is 0 Å². The Morgan fingerprint density at radius 1 is 1.06 bits per heavy atom. The molecule has 1 amide bonds. The molecule has 0 saturated carbocycles. The van der Waals surface area contributed by atoms with Crippen molar-refractivity contribution in [1.29, 1.82) is 0 Å². The van der Waals surface area contributed by atoms with Crippen LogP contribution in [0.1, 0.15) is 49.7 Å². The van der Waals surface area contributed by atoms with Crippen molar-refractivity contribution in [3.8, 4) is 0 Å². The van der Waals surface area contributed by atoms with Crippen LogP contribution in [-0.2, 0) is 16.6 Å². The van der Waals surface area contributed by atoms with Gasteiger partial charge in [0, 0.05) is 31.9 Å². The summed E-state index contributed by atoms with van der Waals surface area (Å²) in [6.45, 7) is 4.96. The number of aromatic nitrogens is 2. The smallest absolute Gasteiger partial charge is 0.235 e. The lowest BCUT2D eigenvalue weighted by molar-refractivity contribution is -0.121. The molecule has 3 aromatic rings. The summed E-state index contributed by atoms with van der Waals surface area (Å²) < 4.78 is 13.5. The predicted molar refractivity (Wildman–Crippen MR) is 133 cm³/mol. The second kappa shape index (κ2) is 8.69. The van der Waals surface area contributed by atoms with Gasteiger partial charge in [-0.3, -0.25) is 9.69 Å². The van der Waals surface area contributed by atoms with Crippen LogP contribution in [0.25, 0.3) is 11.0 Å². The number of halogens is 1. The number of aromatic amines is 1. The van der Waals surface area contributed by atoms with Crippen LogP contribution in [0.3, 0.4) is 0 Å². The number of piperazine rings is 1. The molecule has 178 valence electrons. The molecule has 2 aliphatic heterocycles. The summed E-state index contributed by atoms with van der Waals surface area (Å²) in [6.07, 6.45) is 7.56. The van der Waals surface area contributed by atoms with E-state index in [4.69, 9.17) is 0 Å². The van der Waals surface area contributed by atoms with Crippen LogP contribution in [-0.4, -0.2) is 53.5 Å². The number of imidazole rings is 1. The maximum absolute atomic E-state index is 13.5. The van der Waals surface area contributed by atoms with Gasteiger partial charge in [0.05, 0.1) is 16.4 Å². The molecule has 0 bridgehead atoms. The van der Waals surface area contributed by atoms with E-state index in [1.54, 1.807) is 6.07 Å². The topological polar surface area (TPSA) is 64.3 Å². The Balaban J connectivity index is 0.979. The molecule has 1 saturated heterocycles. The Morgan fingerprint density at radius 3 is 2.82 bits per heavy atom. The molecule has 2 aromatic carbocycles. The van der Waals surface area contributed by atoms with Crippen LogP contribution in [0, 0.1) is 5.82 Å². The number of fused-ring (bicyclic) bond motifs is 1. The average Bonchev–Trinajstić information content (AvgIpc) is 3.39. The number of carbonyl (C=O) groups excluding carboxylic acids is 1. The largest absolute Gasteiger partial charge is 0.340 e. The fourth-order valence-electron chi connectivity index (χ4n) is 6.26. The first-order valence-electron chi connectivity index (χ1n) is 12.7. The SMILES string of the molecule is O=C1Nc2cccc3c2C1(CCCCCN1CCN(c2nc4ccc(F)cc4[nH]2)CC1)CCC3. The van der Waals surface area contributed by atoms with Crippen LogP contribution in [0.15, 0.2) is 36.4 Å². The summed E-state index contributed by atoms with van der Waals surface area (Å²) in [5.74, 6) is 0.814. The molecule has 6 rings (SSSR count). The van der Waals surface area contributed by atoms with Crippen molar-refractivity contribution in [2.24, 2.45) is 0 Å². The number of nitrogens with zero attached hydrogens (tertiary/aromatic N) is 3. The Hall–Kier alpha value is -2.93. The number of H-pyrrole nitrogens is 1. The first kappa shape index (κ1) is 21.6. The van der Waals surface area contributed by atoms with Gasteiger partial charge in [-0.05, 0) is 74.0 Å². The van der Waals surface area contributed by atoms with Gasteiger partial charge in [-0.2, -0.15) is 0 Å². The van der Waals surface area contributed by atoms with Crippen molar-refractivity contribution in [3.63, 3.8) is 0 Å². The number of nitrogens with one attached hydrogen (secondary N) is 2. The molecule has 1 unspecified atom stereocenters. The second-order valence-corrected chi connectivity index (χ2v) is 10.1. The quantitative estimate of drug-likeness (QED) is 0.505. The van der Waals surface area contributed by atoms with Crippen molar-refractivity contribution < 1.29 is 9.18 Å². The van der Waals surface area contributed by atoms with E-state index in [9.17, 15) is 9.18 Å². The van der Waals surface area contributed by atoms with E-state index in [0.29, 0.717) is 0 Å². The number of aryl methyl sites for hydroxylation is 1. The zero-order valence-corrected chi connectivity index (χ0v) is 19.6. The number of unbranched alkanes of at least 4 members (excludes halogenated alkanes) is 2. The first-order valence-corrected chi connectivity index (χ1v) is 12.7. The Bertz CT molecular complexity index is 1210. The minimum atomic E-state index is -0.286. The van der Waals surface area contributed by atoms with Gasteiger partial charge in [-0.1, -0.05) is 25.0 Å². The molecular weight excluding hydrogens is 429 g/mol. The average molecular weight is 462 g/mol. The fourth-order valence-corrected chi connectivity index (χ4v) is 6.26. The number of amides is 1. The van der Waals surface area contributed by atoms with Crippen LogP contribution >= 0.6 is 0 Å². The van der Waals surface area contributed by atoms with Gasteiger partial charge in [0.2, 0.25) is 11.9 Å². The van der Waals surface area contributed by atoms with Gasteiger partial charge >= 0.3 is 0 Å². The highest BCUT2D eigenvalue weighted by Gasteiger charge is 2.48. The third kappa shape index (κ3) is 3.76. The summed E-state index contributed by atoms with van der Waals surface area (Å²) in [4.78, 5) is 25.6. The molecule has 3 heterocycles. The third-order valence-corrected chi connectivity index (χ3v) is 8.04. The van der Waals surface area contributed by atoms with E-state index >= 15 is 0 Å². The molecule has 34 heavy (non-hydrogen) atoms. The highest BCUT2D eigenvalue weighted by molar-refractivity contribution is 6.07. The summed E-state index contributed by atoms with van der Waals surface area (Å²) in [5, 5.41) is 3.16. The molecule has 7 heteroatoms. The van der Waals surface area contributed by atoms with Crippen LogP contribution in [0.4, 0.5) is 16.0 Å². The molecule has 2 N–H and O–H groups in total. The molecule has 3 aliphatic rings. The van der Waals surface area contributed by atoms with Crippen molar-refractivity contribution in [2.45, 2.75) is 50.4 Å². The van der Waals surface area contributed by atoms with E-state index in [2.05, 4.69) is 43.3 Å². The first-order chi connectivity index (χ1) is 16.6. The van der Waals surface area contributed by atoms with Gasteiger partial charge in [-0.15, -0.1) is 0 Å². The zero-order chi connectivity index (χ0) is 23.1. The van der Waals surface area contributed by atoms with E-state index in [1.807, 2.05) is 0 Å². The standard InChI is InChI=1S/C27H32FN5O/c28-20-9-10-21-23(18-20)31-26(30-21)33-16-14-32(15-17-33)13-3-1-2-11-27-12-5-7-19-6-4-8-22(24(19)27)29-25(27)34/h4,6,8-10,18H,1-3,5,7,11-17H2,(H,29,34)(H,30,31). The Kier molecular flexibility index (Phi) is 5.52. The van der Waals surface area contributed by atoms with Crippen molar-refractivity contribution in [1.82, 2.24) is 14.9 Å². The van der Waals surface area contributed by atoms with Crippen LogP contribution < -0.4 is 10.2 Å². The minimum absolute atomic E-state index is 0.221. The maximum atomic E-state index is 13.5. The maximum Gasteiger partial charge on any atom is 0.235 e. The van der Waals surface area contributed by atoms with E-state index in [-0.39, 0.29) is 17.1 Å². The van der Waals surface area contributed by atoms with Gasteiger partial charge in [0.1, 0.15) is 5.82 Å². The molecule has 0 radical (unpaired) electrons. The minimum Gasteiger partial charge on any atom is -0.340 e.